The van der Waals surface area contributed by atoms with Gasteiger partial charge in [0.25, 0.3) is 0 Å². The van der Waals surface area contributed by atoms with Crippen molar-refractivity contribution in [3.8, 4) is 0 Å². The van der Waals surface area contributed by atoms with E-state index in [0.717, 1.165) is 12.0 Å². The highest BCUT2D eigenvalue weighted by atomic mass is 15.2. The summed E-state index contributed by atoms with van der Waals surface area (Å²) in [6, 6.07) is 1.64. The predicted molar refractivity (Wildman–Crippen MR) is 74.3 cm³/mol. The number of rotatable bonds is 6. The van der Waals surface area contributed by atoms with Gasteiger partial charge in [-0.3, -0.25) is 4.90 Å². The number of hydrogen-bond donors (Lipinski definition) is 1. The van der Waals surface area contributed by atoms with E-state index in [-0.39, 0.29) is 0 Å². The zero-order chi connectivity index (χ0) is 12.1. The van der Waals surface area contributed by atoms with Gasteiger partial charge in [-0.05, 0) is 45.1 Å². The van der Waals surface area contributed by atoms with Crippen LogP contribution in [-0.4, -0.2) is 36.6 Å². The van der Waals surface area contributed by atoms with Crippen LogP contribution >= 0.6 is 0 Å². The molecule has 0 spiro atoms. The maximum atomic E-state index is 3.66. The quantitative estimate of drug-likeness (QED) is 0.765. The Labute approximate surface area is 107 Å². The van der Waals surface area contributed by atoms with Crippen LogP contribution in [0.3, 0.4) is 0 Å². The van der Waals surface area contributed by atoms with Gasteiger partial charge in [-0.2, -0.15) is 0 Å². The van der Waals surface area contributed by atoms with Crippen LogP contribution in [0, 0.1) is 5.92 Å². The first-order valence-corrected chi connectivity index (χ1v) is 7.78. The highest BCUT2D eigenvalue weighted by Gasteiger charge is 2.34. The molecule has 100 valence electrons. The van der Waals surface area contributed by atoms with E-state index in [1.54, 1.807) is 0 Å². The van der Waals surface area contributed by atoms with Crippen molar-refractivity contribution in [2.75, 3.05) is 19.6 Å². The molecule has 3 atom stereocenters. The summed E-state index contributed by atoms with van der Waals surface area (Å²) in [6.45, 7) is 8.40. The second-order valence-corrected chi connectivity index (χ2v) is 6.08. The number of nitrogens with zero attached hydrogens (tertiary/aromatic N) is 1. The molecule has 2 rings (SSSR count). The zero-order valence-corrected chi connectivity index (χ0v) is 11.8. The van der Waals surface area contributed by atoms with Crippen LogP contribution in [-0.2, 0) is 0 Å². The van der Waals surface area contributed by atoms with E-state index in [9.17, 15) is 0 Å². The Balaban J connectivity index is 1.65. The normalized spacial score (nSPS) is 31.4. The van der Waals surface area contributed by atoms with Gasteiger partial charge in [0.05, 0.1) is 0 Å². The van der Waals surface area contributed by atoms with Crippen molar-refractivity contribution < 1.29 is 0 Å². The first-order valence-electron chi connectivity index (χ1n) is 7.78. The van der Waals surface area contributed by atoms with Gasteiger partial charge in [-0.1, -0.05) is 26.2 Å². The van der Waals surface area contributed by atoms with Gasteiger partial charge in [-0.15, -0.1) is 0 Å². The van der Waals surface area contributed by atoms with E-state index in [4.69, 9.17) is 0 Å². The molecule has 2 fully saturated rings. The summed E-state index contributed by atoms with van der Waals surface area (Å²) >= 11 is 0. The molecule has 0 aromatic rings. The van der Waals surface area contributed by atoms with Crippen molar-refractivity contribution >= 4 is 0 Å². The minimum absolute atomic E-state index is 0.699. The fourth-order valence-electron chi connectivity index (χ4n) is 3.77. The minimum atomic E-state index is 0.699. The van der Waals surface area contributed by atoms with Crippen molar-refractivity contribution in [1.82, 2.24) is 10.2 Å². The standard InChI is InChI=1S/C15H30N2/c1-3-6-13(2)16-10-12-17-11-9-14-7-4-5-8-15(14)17/h13-16H,3-12H2,1-2H3. The smallest absolute Gasteiger partial charge is 0.0124 e. The molecule has 0 amide bonds. The maximum absolute atomic E-state index is 3.66. The Hall–Kier alpha value is -0.0800. The van der Waals surface area contributed by atoms with Crippen molar-refractivity contribution in [1.29, 1.82) is 0 Å². The molecule has 1 N–H and O–H groups in total. The number of likely N-dealkylation sites (tertiary alicyclic amines) is 1. The fourth-order valence-corrected chi connectivity index (χ4v) is 3.77. The molecule has 2 nitrogen and oxygen atoms in total. The highest BCUT2D eigenvalue weighted by molar-refractivity contribution is 4.89. The van der Waals surface area contributed by atoms with Crippen LogP contribution in [0.5, 0.6) is 0 Å². The Morgan fingerprint density at radius 1 is 1.24 bits per heavy atom. The average molecular weight is 238 g/mol. The SMILES string of the molecule is CCCC(C)NCCN1CCC2CCCCC21. The lowest BCUT2D eigenvalue weighted by atomic mass is 9.85. The molecule has 1 saturated heterocycles. The van der Waals surface area contributed by atoms with Gasteiger partial charge in [0, 0.05) is 25.2 Å². The van der Waals surface area contributed by atoms with Gasteiger partial charge in [0.2, 0.25) is 0 Å². The number of nitrogens with one attached hydrogen (secondary N) is 1. The van der Waals surface area contributed by atoms with E-state index < -0.39 is 0 Å². The molecule has 17 heavy (non-hydrogen) atoms. The summed E-state index contributed by atoms with van der Waals surface area (Å²) in [5.74, 6) is 1.04. The lowest BCUT2D eigenvalue weighted by Gasteiger charge is -2.32. The second kappa shape index (κ2) is 6.75. The summed E-state index contributed by atoms with van der Waals surface area (Å²) in [5.41, 5.74) is 0. The molecule has 1 saturated carbocycles. The van der Waals surface area contributed by atoms with Crippen LogP contribution in [0.2, 0.25) is 0 Å². The summed E-state index contributed by atoms with van der Waals surface area (Å²) in [7, 11) is 0. The van der Waals surface area contributed by atoms with Crippen LogP contribution in [0.25, 0.3) is 0 Å². The van der Waals surface area contributed by atoms with Gasteiger partial charge in [0.15, 0.2) is 0 Å². The van der Waals surface area contributed by atoms with E-state index in [0.29, 0.717) is 6.04 Å². The molecule has 2 heteroatoms. The molecule has 1 aliphatic heterocycles. The molecular formula is C15H30N2. The summed E-state index contributed by atoms with van der Waals surface area (Å²) in [5, 5.41) is 3.66. The molecule has 3 unspecified atom stereocenters. The van der Waals surface area contributed by atoms with E-state index in [1.165, 1.54) is 64.6 Å². The largest absolute Gasteiger partial charge is 0.313 e. The van der Waals surface area contributed by atoms with Crippen molar-refractivity contribution in [2.24, 2.45) is 5.92 Å². The Kier molecular flexibility index (Phi) is 5.30. The molecule has 0 bridgehead atoms. The zero-order valence-electron chi connectivity index (χ0n) is 11.8. The van der Waals surface area contributed by atoms with Gasteiger partial charge < -0.3 is 5.32 Å². The van der Waals surface area contributed by atoms with Crippen molar-refractivity contribution in [3.63, 3.8) is 0 Å². The summed E-state index contributed by atoms with van der Waals surface area (Å²) in [6.07, 6.45) is 10.00. The Morgan fingerprint density at radius 3 is 2.88 bits per heavy atom. The van der Waals surface area contributed by atoms with Gasteiger partial charge in [-0.25, -0.2) is 0 Å². The first-order chi connectivity index (χ1) is 8.31. The van der Waals surface area contributed by atoms with Crippen molar-refractivity contribution in [3.05, 3.63) is 0 Å². The highest BCUT2D eigenvalue weighted by Crippen LogP contribution is 2.35. The maximum Gasteiger partial charge on any atom is 0.0124 e. The fraction of sp³-hybridized carbons (Fsp3) is 1.00. The number of fused-ring (bicyclic) bond motifs is 1. The molecule has 1 heterocycles. The monoisotopic (exact) mass is 238 g/mol. The van der Waals surface area contributed by atoms with Crippen molar-refractivity contribution in [2.45, 2.75) is 70.9 Å². The van der Waals surface area contributed by atoms with Crippen LogP contribution in [0.15, 0.2) is 0 Å². The first kappa shape index (κ1) is 13.4. The van der Waals surface area contributed by atoms with E-state index in [1.807, 2.05) is 0 Å². The lowest BCUT2D eigenvalue weighted by molar-refractivity contribution is 0.181. The lowest BCUT2D eigenvalue weighted by Crippen LogP contribution is -2.40. The predicted octanol–water partition coefficient (Wildman–Crippen LogP) is 3.03. The van der Waals surface area contributed by atoms with E-state index in [2.05, 4.69) is 24.1 Å². The van der Waals surface area contributed by atoms with Crippen LogP contribution in [0.1, 0.15) is 58.8 Å². The van der Waals surface area contributed by atoms with Gasteiger partial charge in [0.1, 0.15) is 0 Å². The average Bonchev–Trinajstić information content (AvgIpc) is 2.73. The third-order valence-electron chi connectivity index (χ3n) is 4.74. The molecule has 2 aliphatic rings. The topological polar surface area (TPSA) is 15.3 Å². The molecule has 1 aliphatic carbocycles. The summed E-state index contributed by atoms with van der Waals surface area (Å²) < 4.78 is 0. The van der Waals surface area contributed by atoms with Crippen LogP contribution in [0.4, 0.5) is 0 Å². The number of hydrogen-bond acceptors (Lipinski definition) is 2. The Bertz CT molecular complexity index is 217. The molecular weight excluding hydrogens is 208 g/mol. The Morgan fingerprint density at radius 2 is 2.06 bits per heavy atom. The van der Waals surface area contributed by atoms with Gasteiger partial charge >= 0.3 is 0 Å². The summed E-state index contributed by atoms with van der Waals surface area (Å²) in [4.78, 5) is 2.76. The third-order valence-corrected chi connectivity index (χ3v) is 4.74. The second-order valence-electron chi connectivity index (χ2n) is 6.08. The van der Waals surface area contributed by atoms with Crippen LogP contribution < -0.4 is 5.32 Å². The molecule has 0 aromatic carbocycles. The minimum Gasteiger partial charge on any atom is -0.313 e. The molecule has 0 radical (unpaired) electrons. The molecule has 0 aromatic heterocycles. The van der Waals surface area contributed by atoms with E-state index >= 15 is 0 Å². The third kappa shape index (κ3) is 3.69.